The zero-order valence-corrected chi connectivity index (χ0v) is 14.2. The van der Waals surface area contributed by atoms with Crippen molar-refractivity contribution < 1.29 is 19.1 Å². The second-order valence-corrected chi connectivity index (χ2v) is 6.89. The minimum atomic E-state index is -0.553. The van der Waals surface area contributed by atoms with Gasteiger partial charge in [0.15, 0.2) is 6.61 Å². The van der Waals surface area contributed by atoms with Gasteiger partial charge in [0.05, 0.1) is 5.75 Å². The molecule has 0 bridgehead atoms. The molecule has 0 saturated carbocycles. The summed E-state index contributed by atoms with van der Waals surface area (Å²) in [5, 5.41) is 0. The van der Waals surface area contributed by atoms with E-state index in [9.17, 15) is 14.4 Å². The summed E-state index contributed by atoms with van der Waals surface area (Å²) >= 11 is 1.61. The van der Waals surface area contributed by atoms with Crippen molar-refractivity contribution in [2.45, 2.75) is 24.6 Å². The van der Waals surface area contributed by atoms with E-state index in [0.717, 1.165) is 5.75 Å². The monoisotopic (exact) mass is 348 g/mol. The summed E-state index contributed by atoms with van der Waals surface area (Å²) in [4.78, 5) is 38.6. The number of thioether (sulfide) groups is 1. The van der Waals surface area contributed by atoms with Gasteiger partial charge in [-0.3, -0.25) is 9.59 Å². The molecule has 3 amide bonds. The van der Waals surface area contributed by atoms with Crippen molar-refractivity contribution >= 4 is 29.7 Å². The van der Waals surface area contributed by atoms with E-state index in [2.05, 4.69) is 12.1 Å². The highest BCUT2D eigenvalue weighted by atomic mass is 32.2. The van der Waals surface area contributed by atoms with Crippen molar-refractivity contribution in [3.63, 3.8) is 0 Å². The molecule has 0 aromatic heterocycles. The fraction of sp³-hybridized carbons (Fsp3) is 0.471. The first-order valence-corrected chi connectivity index (χ1v) is 9.19. The van der Waals surface area contributed by atoms with E-state index < -0.39 is 6.09 Å². The third-order valence-electron chi connectivity index (χ3n) is 4.30. The molecule has 3 rings (SSSR count). The Kier molecular flexibility index (Phi) is 5.40. The molecule has 6 nitrogen and oxygen atoms in total. The number of carbonyl (C=O) groups is 3. The van der Waals surface area contributed by atoms with Gasteiger partial charge in [-0.2, -0.15) is 0 Å². The van der Waals surface area contributed by atoms with Crippen molar-refractivity contribution in [2.24, 2.45) is 0 Å². The predicted molar refractivity (Wildman–Crippen MR) is 90.4 cm³/mol. The summed E-state index contributed by atoms with van der Waals surface area (Å²) < 4.78 is 4.75. The third-order valence-corrected chi connectivity index (χ3v) is 5.29. The second kappa shape index (κ2) is 7.70. The Morgan fingerprint density at radius 1 is 1.17 bits per heavy atom. The van der Waals surface area contributed by atoms with Crippen LogP contribution in [0.15, 0.2) is 30.3 Å². The topological polar surface area (TPSA) is 66.9 Å². The number of rotatable bonds is 5. The van der Waals surface area contributed by atoms with E-state index in [1.165, 1.54) is 10.5 Å². The van der Waals surface area contributed by atoms with E-state index in [0.29, 0.717) is 31.7 Å². The van der Waals surface area contributed by atoms with Crippen LogP contribution in [-0.4, -0.2) is 59.2 Å². The SMILES string of the molecule is O=C(CSCc1ccccc1)N1CCC(N2C(=O)COC2=O)CC1. The zero-order valence-electron chi connectivity index (χ0n) is 13.3. The average Bonchev–Trinajstić information content (AvgIpc) is 2.94. The Hall–Kier alpha value is -2.02. The van der Waals surface area contributed by atoms with E-state index in [-0.39, 0.29) is 24.5 Å². The summed E-state index contributed by atoms with van der Waals surface area (Å²) in [6.07, 6.45) is 0.689. The van der Waals surface area contributed by atoms with E-state index in [1.807, 2.05) is 23.1 Å². The average molecular weight is 348 g/mol. The van der Waals surface area contributed by atoms with Gasteiger partial charge in [-0.25, -0.2) is 9.69 Å². The number of likely N-dealkylation sites (tertiary alicyclic amines) is 1. The largest absolute Gasteiger partial charge is 0.439 e. The molecular weight excluding hydrogens is 328 g/mol. The van der Waals surface area contributed by atoms with Gasteiger partial charge in [0.2, 0.25) is 5.91 Å². The first-order chi connectivity index (χ1) is 11.6. The summed E-state index contributed by atoms with van der Waals surface area (Å²) in [7, 11) is 0. The van der Waals surface area contributed by atoms with Crippen LogP contribution in [0, 0.1) is 0 Å². The number of benzene rings is 1. The highest BCUT2D eigenvalue weighted by Crippen LogP contribution is 2.21. The van der Waals surface area contributed by atoms with Crippen LogP contribution in [0.1, 0.15) is 18.4 Å². The van der Waals surface area contributed by atoms with Crippen molar-refractivity contribution in [3.05, 3.63) is 35.9 Å². The van der Waals surface area contributed by atoms with Crippen molar-refractivity contribution in [3.8, 4) is 0 Å². The molecule has 7 heteroatoms. The zero-order chi connectivity index (χ0) is 16.9. The maximum Gasteiger partial charge on any atom is 0.417 e. The minimum absolute atomic E-state index is 0.115. The molecule has 2 fully saturated rings. The normalized spacial score (nSPS) is 18.8. The maximum atomic E-state index is 12.3. The van der Waals surface area contributed by atoms with Gasteiger partial charge >= 0.3 is 6.09 Å². The van der Waals surface area contributed by atoms with Gasteiger partial charge in [-0.15, -0.1) is 11.8 Å². The summed E-state index contributed by atoms with van der Waals surface area (Å²) in [5.74, 6) is 1.11. The van der Waals surface area contributed by atoms with Gasteiger partial charge in [0.25, 0.3) is 5.91 Å². The van der Waals surface area contributed by atoms with Crippen LogP contribution in [0.25, 0.3) is 0 Å². The number of nitrogens with zero attached hydrogens (tertiary/aromatic N) is 2. The lowest BCUT2D eigenvalue weighted by molar-refractivity contribution is -0.131. The predicted octanol–water partition coefficient (Wildman–Crippen LogP) is 1.89. The highest BCUT2D eigenvalue weighted by Gasteiger charge is 2.38. The smallest absolute Gasteiger partial charge is 0.417 e. The van der Waals surface area contributed by atoms with Gasteiger partial charge in [-0.1, -0.05) is 30.3 Å². The number of carbonyl (C=O) groups excluding carboxylic acids is 3. The van der Waals surface area contributed by atoms with Crippen LogP contribution in [-0.2, 0) is 20.1 Å². The van der Waals surface area contributed by atoms with Crippen LogP contribution in [0.4, 0.5) is 4.79 Å². The number of amides is 3. The molecule has 0 aliphatic carbocycles. The third kappa shape index (κ3) is 3.90. The van der Waals surface area contributed by atoms with Crippen LogP contribution < -0.4 is 0 Å². The van der Waals surface area contributed by atoms with E-state index in [1.54, 1.807) is 11.8 Å². The standard InChI is InChI=1S/C17H20N2O4S/c20-15-10-23-17(22)19(15)14-6-8-18(9-7-14)16(21)12-24-11-13-4-2-1-3-5-13/h1-5,14H,6-12H2. The van der Waals surface area contributed by atoms with Gasteiger partial charge in [-0.05, 0) is 18.4 Å². The molecule has 128 valence electrons. The highest BCUT2D eigenvalue weighted by molar-refractivity contribution is 7.99. The summed E-state index contributed by atoms with van der Waals surface area (Å²) in [6, 6.07) is 9.92. The fourth-order valence-corrected chi connectivity index (χ4v) is 3.90. The van der Waals surface area contributed by atoms with Crippen molar-refractivity contribution in [1.29, 1.82) is 0 Å². The molecule has 2 aliphatic heterocycles. The van der Waals surface area contributed by atoms with Crippen LogP contribution in [0.2, 0.25) is 0 Å². The molecule has 24 heavy (non-hydrogen) atoms. The Morgan fingerprint density at radius 3 is 2.50 bits per heavy atom. The summed E-state index contributed by atoms with van der Waals surface area (Å²) in [5.41, 5.74) is 1.21. The molecule has 1 aromatic rings. The number of ether oxygens (including phenoxy) is 1. The Labute approximate surface area is 145 Å². The van der Waals surface area contributed by atoms with Gasteiger partial charge < -0.3 is 9.64 Å². The number of imide groups is 1. The molecule has 0 radical (unpaired) electrons. The first kappa shape index (κ1) is 16.8. The van der Waals surface area contributed by atoms with Gasteiger partial charge in [0.1, 0.15) is 0 Å². The van der Waals surface area contributed by atoms with Crippen LogP contribution >= 0.6 is 11.8 Å². The van der Waals surface area contributed by atoms with E-state index >= 15 is 0 Å². The lowest BCUT2D eigenvalue weighted by Gasteiger charge is -2.34. The van der Waals surface area contributed by atoms with Crippen molar-refractivity contribution in [2.75, 3.05) is 25.4 Å². The summed E-state index contributed by atoms with van der Waals surface area (Å²) in [6.45, 7) is 0.993. The Balaban J connectivity index is 1.42. The molecule has 2 saturated heterocycles. The number of piperidine rings is 1. The molecule has 2 heterocycles. The van der Waals surface area contributed by atoms with Crippen molar-refractivity contribution in [1.82, 2.24) is 9.80 Å². The molecular formula is C17H20N2O4S. The first-order valence-electron chi connectivity index (χ1n) is 8.03. The molecule has 2 aliphatic rings. The number of cyclic esters (lactones) is 1. The van der Waals surface area contributed by atoms with Gasteiger partial charge in [0, 0.05) is 24.9 Å². The van der Waals surface area contributed by atoms with Crippen LogP contribution in [0.3, 0.4) is 0 Å². The Bertz CT molecular complexity index is 598. The molecule has 0 atom stereocenters. The lowest BCUT2D eigenvalue weighted by Crippen LogP contribution is -2.48. The quantitative estimate of drug-likeness (QED) is 0.813. The number of hydrogen-bond donors (Lipinski definition) is 0. The second-order valence-electron chi connectivity index (χ2n) is 5.91. The van der Waals surface area contributed by atoms with E-state index in [4.69, 9.17) is 4.74 Å². The molecule has 0 unspecified atom stereocenters. The molecule has 0 N–H and O–H groups in total. The lowest BCUT2D eigenvalue weighted by atomic mass is 10.0. The maximum absolute atomic E-state index is 12.3. The van der Waals surface area contributed by atoms with Crippen LogP contribution in [0.5, 0.6) is 0 Å². The number of hydrogen-bond acceptors (Lipinski definition) is 5. The fourth-order valence-electron chi connectivity index (χ4n) is 3.01. The molecule has 0 spiro atoms. The molecule has 1 aromatic carbocycles. The minimum Gasteiger partial charge on any atom is -0.439 e. The Morgan fingerprint density at radius 2 is 1.88 bits per heavy atom.